The predicted molar refractivity (Wildman–Crippen MR) is 85.8 cm³/mol. The molecule has 0 unspecified atom stereocenters. The molecule has 116 valence electrons. The van der Waals surface area contributed by atoms with Gasteiger partial charge in [0.1, 0.15) is 5.60 Å². The molecule has 1 fully saturated rings. The number of likely N-dealkylation sites (tertiary alicyclic amines) is 1. The van der Waals surface area contributed by atoms with E-state index in [9.17, 15) is 4.79 Å². The Kier molecular flexibility index (Phi) is 2.89. The first-order valence-corrected chi connectivity index (χ1v) is 8.02. The number of carbonyl (C=O) groups is 1. The number of rotatable bonds is 0. The first-order chi connectivity index (χ1) is 10.5. The van der Waals surface area contributed by atoms with Crippen LogP contribution in [0.3, 0.4) is 0 Å². The van der Waals surface area contributed by atoms with Gasteiger partial charge in [-0.2, -0.15) is 0 Å². The number of piperidine rings is 1. The maximum atomic E-state index is 11.7. The molecule has 4 rings (SSSR count). The maximum Gasteiger partial charge on any atom is 0.219 e. The molecule has 1 saturated heterocycles. The summed E-state index contributed by atoms with van der Waals surface area (Å²) in [6.45, 7) is 7.39. The van der Waals surface area contributed by atoms with Crippen molar-refractivity contribution in [2.24, 2.45) is 0 Å². The summed E-state index contributed by atoms with van der Waals surface area (Å²) >= 11 is 0. The first-order valence-electron chi connectivity index (χ1n) is 8.02. The number of amides is 1. The van der Waals surface area contributed by atoms with Crippen LogP contribution in [0.25, 0.3) is 10.9 Å². The van der Waals surface area contributed by atoms with Gasteiger partial charge in [-0.3, -0.25) is 4.79 Å². The molecule has 2 atom stereocenters. The number of fused-ring (bicyclic) bond motifs is 5. The largest absolute Gasteiger partial charge is 0.364 e. The molecular formula is C18H22N2O2. The lowest BCUT2D eigenvalue weighted by atomic mass is 9.79. The average Bonchev–Trinajstić information content (AvgIpc) is 2.87. The van der Waals surface area contributed by atoms with Crippen LogP contribution in [-0.2, 0) is 15.1 Å². The maximum absolute atomic E-state index is 11.7. The Hall–Kier alpha value is -1.81. The number of nitrogens with zero attached hydrogens (tertiary/aromatic N) is 1. The lowest BCUT2D eigenvalue weighted by Gasteiger charge is -2.46. The molecule has 1 amide bonds. The number of benzene rings is 1. The van der Waals surface area contributed by atoms with Gasteiger partial charge in [0.25, 0.3) is 0 Å². The number of hydrogen-bond acceptors (Lipinski definition) is 2. The van der Waals surface area contributed by atoms with Crippen LogP contribution in [-0.4, -0.2) is 35.0 Å². The summed E-state index contributed by atoms with van der Waals surface area (Å²) < 4.78 is 6.39. The molecule has 22 heavy (non-hydrogen) atoms. The van der Waals surface area contributed by atoms with E-state index in [1.807, 2.05) is 4.90 Å². The van der Waals surface area contributed by atoms with Crippen molar-refractivity contribution >= 4 is 16.8 Å². The number of aromatic amines is 1. The van der Waals surface area contributed by atoms with E-state index in [0.29, 0.717) is 12.5 Å². The Balaban J connectivity index is 1.84. The molecule has 3 heterocycles. The number of para-hydroxylation sites is 1. The number of H-pyrrole nitrogens is 1. The minimum absolute atomic E-state index is 0.0827. The highest BCUT2D eigenvalue weighted by molar-refractivity contribution is 5.86. The molecule has 0 aliphatic carbocycles. The van der Waals surface area contributed by atoms with Crippen molar-refractivity contribution in [2.45, 2.75) is 44.8 Å². The molecule has 0 spiro atoms. The second-order valence-corrected chi connectivity index (χ2v) is 6.99. The number of ether oxygens (including phenoxy) is 1. The van der Waals surface area contributed by atoms with Crippen molar-refractivity contribution in [2.75, 3.05) is 13.1 Å². The predicted octanol–water partition coefficient (Wildman–Crippen LogP) is 3.14. The zero-order chi connectivity index (χ0) is 15.5. The molecule has 2 aliphatic rings. The summed E-state index contributed by atoms with van der Waals surface area (Å²) in [6, 6.07) is 8.48. The lowest BCUT2D eigenvalue weighted by Crippen LogP contribution is -2.51. The van der Waals surface area contributed by atoms with Gasteiger partial charge < -0.3 is 14.6 Å². The highest BCUT2D eigenvalue weighted by Crippen LogP contribution is 2.47. The van der Waals surface area contributed by atoms with E-state index in [-0.39, 0.29) is 17.6 Å². The van der Waals surface area contributed by atoms with Gasteiger partial charge >= 0.3 is 0 Å². The molecule has 2 aromatic rings. The molecule has 1 aromatic heterocycles. The fourth-order valence-electron chi connectivity index (χ4n) is 4.11. The third-order valence-corrected chi connectivity index (χ3v) is 5.17. The molecule has 0 saturated carbocycles. The summed E-state index contributed by atoms with van der Waals surface area (Å²) in [5.41, 5.74) is 3.43. The van der Waals surface area contributed by atoms with Crippen LogP contribution in [0.5, 0.6) is 0 Å². The van der Waals surface area contributed by atoms with Gasteiger partial charge in [0.15, 0.2) is 0 Å². The third-order valence-electron chi connectivity index (χ3n) is 5.17. The van der Waals surface area contributed by atoms with E-state index in [2.05, 4.69) is 43.1 Å². The zero-order valence-electron chi connectivity index (χ0n) is 13.3. The van der Waals surface area contributed by atoms with Crippen molar-refractivity contribution in [1.82, 2.24) is 9.88 Å². The van der Waals surface area contributed by atoms with Crippen molar-refractivity contribution in [1.29, 1.82) is 0 Å². The average molecular weight is 298 g/mol. The molecule has 4 heteroatoms. The van der Waals surface area contributed by atoms with Crippen molar-refractivity contribution in [3.63, 3.8) is 0 Å². The van der Waals surface area contributed by atoms with E-state index in [1.54, 1.807) is 6.92 Å². The van der Waals surface area contributed by atoms with Crippen LogP contribution >= 0.6 is 0 Å². The molecule has 0 radical (unpaired) electrons. The molecule has 0 bridgehead atoms. The SMILES string of the molecule is CC(=O)N1CC[C@@H]2c3c([nH]c4ccccc34)C(C)(C)O[C@H]2C1. The lowest BCUT2D eigenvalue weighted by molar-refractivity contribution is -0.146. The minimum atomic E-state index is -0.352. The van der Waals surface area contributed by atoms with Crippen LogP contribution in [0, 0.1) is 0 Å². The van der Waals surface area contributed by atoms with E-state index in [1.165, 1.54) is 22.2 Å². The van der Waals surface area contributed by atoms with Crippen LogP contribution in [0.15, 0.2) is 24.3 Å². The van der Waals surface area contributed by atoms with Gasteiger partial charge in [-0.25, -0.2) is 0 Å². The van der Waals surface area contributed by atoms with E-state index < -0.39 is 0 Å². The molecular weight excluding hydrogens is 276 g/mol. The minimum Gasteiger partial charge on any atom is -0.364 e. The standard InChI is InChI=1S/C18H22N2O2/c1-11(21)20-9-8-13-15(10-20)22-18(2,3)17-16(13)12-6-4-5-7-14(12)19-17/h4-7,13,15,19H,8-10H2,1-3H3/t13-,15-/m0/s1. The van der Waals surface area contributed by atoms with Crippen LogP contribution < -0.4 is 0 Å². The monoisotopic (exact) mass is 298 g/mol. The van der Waals surface area contributed by atoms with Crippen molar-refractivity contribution < 1.29 is 9.53 Å². The van der Waals surface area contributed by atoms with Crippen molar-refractivity contribution in [3.8, 4) is 0 Å². The first kappa shape index (κ1) is 13.8. The quantitative estimate of drug-likeness (QED) is 0.812. The smallest absolute Gasteiger partial charge is 0.219 e. The Bertz CT molecular complexity index is 747. The summed E-state index contributed by atoms with van der Waals surface area (Å²) in [6.07, 6.45) is 1.05. The van der Waals surface area contributed by atoms with E-state index in [4.69, 9.17) is 4.74 Å². The second-order valence-electron chi connectivity index (χ2n) is 6.99. The van der Waals surface area contributed by atoms with Gasteiger partial charge in [0.05, 0.1) is 11.8 Å². The van der Waals surface area contributed by atoms with Gasteiger partial charge in [-0.1, -0.05) is 18.2 Å². The summed E-state index contributed by atoms with van der Waals surface area (Å²) in [4.78, 5) is 17.2. The number of hydrogen-bond donors (Lipinski definition) is 1. The van der Waals surface area contributed by atoms with E-state index in [0.717, 1.165) is 13.0 Å². The fraction of sp³-hybridized carbons (Fsp3) is 0.500. The van der Waals surface area contributed by atoms with Gasteiger partial charge in [-0.05, 0) is 31.9 Å². The molecule has 1 N–H and O–H groups in total. The van der Waals surface area contributed by atoms with E-state index >= 15 is 0 Å². The van der Waals surface area contributed by atoms with Crippen molar-refractivity contribution in [3.05, 3.63) is 35.5 Å². The normalized spacial score (nSPS) is 26.6. The molecule has 4 nitrogen and oxygen atoms in total. The Morgan fingerprint density at radius 2 is 2.14 bits per heavy atom. The molecule has 2 aliphatic heterocycles. The highest BCUT2D eigenvalue weighted by Gasteiger charge is 2.45. The van der Waals surface area contributed by atoms with Gasteiger partial charge in [-0.15, -0.1) is 0 Å². The number of carbonyl (C=O) groups excluding carboxylic acids is 1. The Morgan fingerprint density at radius 1 is 1.36 bits per heavy atom. The zero-order valence-corrected chi connectivity index (χ0v) is 13.3. The summed E-state index contributed by atoms with van der Waals surface area (Å²) in [5.74, 6) is 0.513. The van der Waals surface area contributed by atoms with Gasteiger partial charge in [0, 0.05) is 36.8 Å². The van der Waals surface area contributed by atoms with Gasteiger partial charge in [0.2, 0.25) is 5.91 Å². The van der Waals surface area contributed by atoms with Crippen LogP contribution in [0.4, 0.5) is 0 Å². The number of aromatic nitrogens is 1. The Morgan fingerprint density at radius 3 is 2.91 bits per heavy atom. The van der Waals surface area contributed by atoms with Crippen LogP contribution in [0.2, 0.25) is 0 Å². The van der Waals surface area contributed by atoms with Crippen LogP contribution in [0.1, 0.15) is 44.4 Å². The summed E-state index contributed by atoms with van der Waals surface area (Å²) in [5, 5.41) is 1.31. The third kappa shape index (κ3) is 1.90. The topological polar surface area (TPSA) is 45.3 Å². The second kappa shape index (κ2) is 4.59. The Labute approximate surface area is 130 Å². The fourth-order valence-corrected chi connectivity index (χ4v) is 4.11. The molecule has 1 aromatic carbocycles. The summed E-state index contributed by atoms with van der Waals surface area (Å²) in [7, 11) is 0. The highest BCUT2D eigenvalue weighted by atomic mass is 16.5. The number of nitrogens with one attached hydrogen (secondary N) is 1.